The highest BCUT2D eigenvalue weighted by Gasteiger charge is 2.64. The Morgan fingerprint density at radius 1 is 1.60 bits per heavy atom. The number of alkyl carbamates (subject to hydrolysis) is 1. The lowest BCUT2D eigenvalue weighted by Crippen LogP contribution is -2.70. The topological polar surface area (TPSA) is 95.9 Å². The number of amides is 2. The van der Waals surface area contributed by atoms with Gasteiger partial charge in [0.05, 0.1) is 0 Å². The Morgan fingerprint density at radius 3 is 2.80 bits per heavy atom. The van der Waals surface area contributed by atoms with Crippen molar-refractivity contribution in [2.45, 2.75) is 36.1 Å². The molecule has 0 saturated carbocycles. The molecule has 2 saturated heterocycles. The molecule has 2 aliphatic rings. The van der Waals surface area contributed by atoms with Gasteiger partial charge in [0.2, 0.25) is 5.91 Å². The van der Waals surface area contributed by atoms with Crippen LogP contribution in [0.2, 0.25) is 0 Å². The largest absolute Gasteiger partial charge is 0.480 e. The monoisotopic (exact) mass is 300 g/mol. The van der Waals surface area contributed by atoms with Gasteiger partial charge in [-0.2, -0.15) is 0 Å². The molecule has 3 atom stereocenters. The molecule has 0 unspecified atom stereocenters. The lowest BCUT2D eigenvalue weighted by Gasteiger charge is -2.43. The van der Waals surface area contributed by atoms with Crippen molar-refractivity contribution in [3.63, 3.8) is 0 Å². The molecule has 2 fully saturated rings. The molecule has 2 heterocycles. The van der Waals surface area contributed by atoms with E-state index >= 15 is 0 Å². The van der Waals surface area contributed by atoms with E-state index in [9.17, 15) is 19.5 Å². The standard InChI is InChI=1S/C12H16N2O5S/c1-4-5-19-11(18)13-6-8(15)14-7(10(16)17)12(2,3)20-9(6)14/h4,6-7,9H,1,5H2,2-3H3,(H,13,18)(H,16,17)/t6-,7+,9-/m1/s1. The van der Waals surface area contributed by atoms with Crippen LogP contribution in [0.3, 0.4) is 0 Å². The quantitative estimate of drug-likeness (QED) is 0.577. The van der Waals surface area contributed by atoms with E-state index in [1.165, 1.54) is 22.7 Å². The molecule has 2 aliphatic heterocycles. The minimum atomic E-state index is -1.04. The Morgan fingerprint density at radius 2 is 2.25 bits per heavy atom. The molecule has 20 heavy (non-hydrogen) atoms. The summed E-state index contributed by atoms with van der Waals surface area (Å²) in [6, 6.07) is -1.62. The number of hydrogen-bond acceptors (Lipinski definition) is 5. The van der Waals surface area contributed by atoms with Crippen LogP contribution in [0, 0.1) is 0 Å². The smallest absolute Gasteiger partial charge is 0.408 e. The molecule has 2 amide bonds. The van der Waals surface area contributed by atoms with Gasteiger partial charge in [0, 0.05) is 4.75 Å². The van der Waals surface area contributed by atoms with Crippen LogP contribution in [-0.4, -0.2) is 56.8 Å². The third kappa shape index (κ3) is 2.24. The summed E-state index contributed by atoms with van der Waals surface area (Å²) in [7, 11) is 0. The highest BCUT2D eigenvalue weighted by Crippen LogP contribution is 2.50. The van der Waals surface area contributed by atoms with Crippen molar-refractivity contribution < 1.29 is 24.2 Å². The second-order valence-electron chi connectivity index (χ2n) is 5.11. The number of rotatable bonds is 4. The van der Waals surface area contributed by atoms with Gasteiger partial charge in [0.1, 0.15) is 24.1 Å². The molecule has 0 spiro atoms. The van der Waals surface area contributed by atoms with Crippen LogP contribution in [-0.2, 0) is 14.3 Å². The lowest BCUT2D eigenvalue weighted by molar-refractivity contribution is -0.160. The summed E-state index contributed by atoms with van der Waals surface area (Å²) in [5.74, 6) is -1.43. The summed E-state index contributed by atoms with van der Waals surface area (Å²) in [5, 5.41) is 11.3. The van der Waals surface area contributed by atoms with Crippen molar-refractivity contribution >= 4 is 29.7 Å². The van der Waals surface area contributed by atoms with Crippen LogP contribution >= 0.6 is 11.8 Å². The zero-order valence-corrected chi connectivity index (χ0v) is 12.0. The molecular weight excluding hydrogens is 284 g/mol. The first kappa shape index (κ1) is 14.7. The average molecular weight is 300 g/mol. The van der Waals surface area contributed by atoms with E-state index in [4.69, 9.17) is 4.74 Å². The van der Waals surface area contributed by atoms with Crippen LogP contribution in [0.15, 0.2) is 12.7 Å². The Hall–Kier alpha value is -1.70. The molecule has 0 aromatic heterocycles. The molecule has 0 aliphatic carbocycles. The number of carboxylic acids is 1. The summed E-state index contributed by atoms with van der Waals surface area (Å²) >= 11 is 1.37. The summed E-state index contributed by atoms with van der Waals surface area (Å²) in [6.45, 7) is 7.01. The molecule has 0 aromatic rings. The van der Waals surface area contributed by atoms with E-state index in [2.05, 4.69) is 11.9 Å². The van der Waals surface area contributed by atoms with Gasteiger partial charge in [0.15, 0.2) is 0 Å². The zero-order valence-electron chi connectivity index (χ0n) is 11.2. The summed E-state index contributed by atoms with van der Waals surface area (Å²) < 4.78 is 4.15. The van der Waals surface area contributed by atoms with E-state index in [1.807, 2.05) is 0 Å². The number of ether oxygens (including phenoxy) is 1. The number of thioether (sulfide) groups is 1. The van der Waals surface area contributed by atoms with Crippen LogP contribution in [0.4, 0.5) is 4.79 Å². The van der Waals surface area contributed by atoms with Crippen molar-refractivity contribution in [2.75, 3.05) is 6.61 Å². The number of β-lactam (4-membered cyclic amide) rings is 1. The van der Waals surface area contributed by atoms with E-state index in [-0.39, 0.29) is 12.0 Å². The summed E-state index contributed by atoms with van der Waals surface area (Å²) in [5.41, 5.74) is 0. The molecule has 110 valence electrons. The summed E-state index contributed by atoms with van der Waals surface area (Å²) in [4.78, 5) is 36.1. The van der Waals surface area contributed by atoms with Crippen LogP contribution in [0.1, 0.15) is 13.8 Å². The third-order valence-corrected chi connectivity index (χ3v) is 4.85. The Kier molecular flexibility index (Phi) is 3.68. The number of carboxylic acid groups (broad SMARTS) is 1. The average Bonchev–Trinajstić information content (AvgIpc) is 2.62. The van der Waals surface area contributed by atoms with Gasteiger partial charge in [-0.05, 0) is 13.8 Å². The zero-order chi connectivity index (χ0) is 15.1. The fourth-order valence-corrected chi connectivity index (χ4v) is 4.07. The van der Waals surface area contributed by atoms with Crippen LogP contribution in [0.5, 0.6) is 0 Å². The number of fused-ring (bicyclic) bond motifs is 1. The van der Waals surface area contributed by atoms with Crippen LogP contribution in [0.25, 0.3) is 0 Å². The van der Waals surface area contributed by atoms with Gasteiger partial charge >= 0.3 is 12.1 Å². The van der Waals surface area contributed by atoms with Gasteiger partial charge in [-0.15, -0.1) is 11.8 Å². The Balaban J connectivity index is 2.05. The molecule has 0 aromatic carbocycles. The predicted octanol–water partition coefficient (Wildman–Crippen LogP) is 0.414. The fraction of sp³-hybridized carbons (Fsp3) is 0.583. The maximum absolute atomic E-state index is 12.0. The Bertz CT molecular complexity index is 478. The lowest BCUT2D eigenvalue weighted by atomic mass is 9.96. The minimum absolute atomic E-state index is 0.0531. The molecule has 0 bridgehead atoms. The molecule has 0 radical (unpaired) electrons. The molecule has 2 rings (SSSR count). The summed E-state index contributed by atoms with van der Waals surface area (Å²) in [6.07, 6.45) is 0.711. The highest BCUT2D eigenvalue weighted by atomic mass is 32.2. The van der Waals surface area contributed by atoms with E-state index in [0.29, 0.717) is 0 Å². The van der Waals surface area contributed by atoms with Crippen molar-refractivity contribution in [1.82, 2.24) is 10.2 Å². The van der Waals surface area contributed by atoms with Crippen molar-refractivity contribution in [3.05, 3.63) is 12.7 Å². The second-order valence-corrected chi connectivity index (χ2v) is 6.88. The molecular formula is C12H16N2O5S. The third-order valence-electron chi connectivity index (χ3n) is 3.28. The van der Waals surface area contributed by atoms with Gasteiger partial charge in [-0.1, -0.05) is 12.7 Å². The Labute approximate surface area is 120 Å². The SMILES string of the molecule is C=CCOC(=O)N[C@@H]1C(=O)N2[C@@H]1SC(C)(C)[C@@H]2C(=O)O. The van der Waals surface area contributed by atoms with E-state index < -0.39 is 34.8 Å². The van der Waals surface area contributed by atoms with Crippen LogP contribution < -0.4 is 5.32 Å². The normalized spacial score (nSPS) is 30.2. The van der Waals surface area contributed by atoms with Gasteiger partial charge in [0.25, 0.3) is 0 Å². The van der Waals surface area contributed by atoms with Crippen molar-refractivity contribution in [1.29, 1.82) is 0 Å². The number of nitrogens with one attached hydrogen (secondary N) is 1. The molecule has 8 heteroatoms. The number of aliphatic carboxylic acids is 1. The van der Waals surface area contributed by atoms with E-state index in [1.54, 1.807) is 13.8 Å². The number of nitrogens with zero attached hydrogens (tertiary/aromatic N) is 1. The van der Waals surface area contributed by atoms with Crippen molar-refractivity contribution in [2.24, 2.45) is 0 Å². The predicted molar refractivity (Wildman–Crippen MR) is 72.2 cm³/mol. The molecule has 2 N–H and O–H groups in total. The maximum atomic E-state index is 12.0. The first-order valence-corrected chi connectivity index (χ1v) is 6.94. The highest BCUT2D eigenvalue weighted by molar-refractivity contribution is 8.01. The van der Waals surface area contributed by atoms with Gasteiger partial charge < -0.3 is 20.1 Å². The molecule has 7 nitrogen and oxygen atoms in total. The fourth-order valence-electron chi connectivity index (χ4n) is 2.45. The second kappa shape index (κ2) is 5.01. The number of carbonyl (C=O) groups is 3. The number of carbonyl (C=O) groups excluding carboxylic acids is 2. The first-order valence-electron chi connectivity index (χ1n) is 6.06. The van der Waals surface area contributed by atoms with E-state index in [0.717, 1.165) is 0 Å². The number of hydrogen-bond donors (Lipinski definition) is 2. The maximum Gasteiger partial charge on any atom is 0.408 e. The van der Waals surface area contributed by atoms with Gasteiger partial charge in [-0.25, -0.2) is 9.59 Å². The minimum Gasteiger partial charge on any atom is -0.480 e. The first-order chi connectivity index (χ1) is 9.29. The van der Waals surface area contributed by atoms with Crippen molar-refractivity contribution in [3.8, 4) is 0 Å². The van der Waals surface area contributed by atoms with Gasteiger partial charge in [-0.3, -0.25) is 4.79 Å².